The molecule has 0 bridgehead atoms. The quantitative estimate of drug-likeness (QED) is 0.881. The van der Waals surface area contributed by atoms with Gasteiger partial charge in [0.15, 0.2) is 5.82 Å². The van der Waals surface area contributed by atoms with Gasteiger partial charge < -0.3 is 11.1 Å². The molecule has 0 spiro atoms. The number of aromatic nitrogens is 2. The number of halogens is 1. The lowest BCUT2D eigenvalue weighted by atomic mass is 10.2. The van der Waals surface area contributed by atoms with Crippen LogP contribution in [0, 0.1) is 0 Å². The molecule has 0 aliphatic heterocycles. The molecule has 0 aliphatic carbocycles. The number of anilines is 1. The van der Waals surface area contributed by atoms with E-state index in [1.54, 1.807) is 0 Å². The van der Waals surface area contributed by atoms with Crippen molar-refractivity contribution < 1.29 is 0 Å². The topological polar surface area (TPSA) is 63.8 Å². The summed E-state index contributed by atoms with van der Waals surface area (Å²) in [6.45, 7) is 3.38. The van der Waals surface area contributed by atoms with Gasteiger partial charge in [0.2, 0.25) is 0 Å². The Kier molecular flexibility index (Phi) is 4.71. The van der Waals surface area contributed by atoms with E-state index in [2.05, 4.69) is 22.2 Å². The summed E-state index contributed by atoms with van der Waals surface area (Å²) in [6.07, 6.45) is 2.65. The van der Waals surface area contributed by atoms with E-state index >= 15 is 0 Å². The van der Waals surface area contributed by atoms with Crippen LogP contribution < -0.4 is 11.1 Å². The Morgan fingerprint density at radius 2 is 2.00 bits per heavy atom. The molecule has 0 radical (unpaired) electrons. The minimum absolute atomic E-state index is 0.585. The Morgan fingerprint density at radius 3 is 2.63 bits per heavy atom. The molecular weight excluding hydrogens is 260 g/mol. The first-order valence-corrected chi connectivity index (χ1v) is 6.68. The van der Waals surface area contributed by atoms with Crippen molar-refractivity contribution in [3.8, 4) is 11.4 Å². The van der Waals surface area contributed by atoms with Gasteiger partial charge in [-0.15, -0.1) is 0 Å². The highest BCUT2D eigenvalue weighted by Gasteiger charge is 2.07. The summed E-state index contributed by atoms with van der Waals surface area (Å²) in [5.41, 5.74) is 8.39. The smallest absolute Gasteiger partial charge is 0.159 e. The van der Waals surface area contributed by atoms with E-state index in [0.29, 0.717) is 17.4 Å². The van der Waals surface area contributed by atoms with Crippen LogP contribution in [0.25, 0.3) is 11.4 Å². The number of rotatable bonds is 5. The maximum Gasteiger partial charge on any atom is 0.159 e. The molecule has 0 amide bonds. The molecular formula is C14H17ClN4. The van der Waals surface area contributed by atoms with Crippen molar-refractivity contribution in [1.29, 1.82) is 0 Å². The SMILES string of the molecule is CCc1nc(-c2ccc(Cl)cc2)ncc1NCCN. The van der Waals surface area contributed by atoms with Crippen LogP contribution in [0.15, 0.2) is 30.5 Å². The number of hydrogen-bond acceptors (Lipinski definition) is 4. The van der Waals surface area contributed by atoms with Crippen LogP contribution in [0.4, 0.5) is 5.69 Å². The zero-order valence-corrected chi connectivity index (χ0v) is 11.6. The highest BCUT2D eigenvalue weighted by atomic mass is 35.5. The van der Waals surface area contributed by atoms with Gasteiger partial charge in [0, 0.05) is 23.7 Å². The molecule has 0 aliphatic rings. The monoisotopic (exact) mass is 276 g/mol. The van der Waals surface area contributed by atoms with Crippen molar-refractivity contribution in [2.45, 2.75) is 13.3 Å². The average Bonchev–Trinajstić information content (AvgIpc) is 2.46. The van der Waals surface area contributed by atoms with E-state index in [1.807, 2.05) is 30.5 Å². The van der Waals surface area contributed by atoms with Crippen LogP contribution in [-0.4, -0.2) is 23.1 Å². The third-order valence-corrected chi connectivity index (χ3v) is 3.02. The fourth-order valence-corrected chi connectivity index (χ4v) is 1.91. The third kappa shape index (κ3) is 3.43. The zero-order valence-electron chi connectivity index (χ0n) is 10.9. The minimum atomic E-state index is 0.585. The molecule has 4 nitrogen and oxygen atoms in total. The summed E-state index contributed by atoms with van der Waals surface area (Å²) in [5, 5.41) is 3.94. The van der Waals surface area contributed by atoms with Gasteiger partial charge in [-0.3, -0.25) is 0 Å². The van der Waals surface area contributed by atoms with Gasteiger partial charge in [-0.05, 0) is 30.7 Å². The number of nitrogens with zero attached hydrogens (tertiary/aromatic N) is 2. The van der Waals surface area contributed by atoms with Crippen LogP contribution in [0.3, 0.4) is 0 Å². The average molecular weight is 277 g/mol. The summed E-state index contributed by atoms with van der Waals surface area (Å²) in [5.74, 6) is 0.715. The Bertz CT molecular complexity index is 540. The molecule has 2 rings (SSSR count). The summed E-state index contributed by atoms with van der Waals surface area (Å²) in [4.78, 5) is 8.97. The highest BCUT2D eigenvalue weighted by Crippen LogP contribution is 2.21. The van der Waals surface area contributed by atoms with Crippen LogP contribution in [0.2, 0.25) is 5.02 Å². The second kappa shape index (κ2) is 6.50. The van der Waals surface area contributed by atoms with Gasteiger partial charge in [0.05, 0.1) is 17.6 Å². The first-order chi connectivity index (χ1) is 9.24. The van der Waals surface area contributed by atoms with Gasteiger partial charge in [-0.2, -0.15) is 0 Å². The number of benzene rings is 1. The second-order valence-electron chi connectivity index (χ2n) is 4.13. The lowest BCUT2D eigenvalue weighted by Crippen LogP contribution is -2.15. The molecule has 3 N–H and O–H groups in total. The van der Waals surface area contributed by atoms with E-state index in [9.17, 15) is 0 Å². The van der Waals surface area contributed by atoms with Gasteiger partial charge in [0.25, 0.3) is 0 Å². The summed E-state index contributed by atoms with van der Waals surface area (Å²) < 4.78 is 0. The Balaban J connectivity index is 2.30. The molecule has 0 saturated heterocycles. The maximum absolute atomic E-state index is 5.88. The Labute approximate surface area is 118 Å². The van der Waals surface area contributed by atoms with Gasteiger partial charge in [-0.25, -0.2) is 9.97 Å². The fourth-order valence-electron chi connectivity index (χ4n) is 1.78. The van der Waals surface area contributed by atoms with Gasteiger partial charge in [0.1, 0.15) is 0 Å². The summed E-state index contributed by atoms with van der Waals surface area (Å²) in [7, 11) is 0. The molecule has 1 aromatic carbocycles. The predicted octanol–water partition coefficient (Wildman–Crippen LogP) is 2.73. The number of aryl methyl sites for hydroxylation is 1. The first kappa shape index (κ1) is 13.8. The van der Waals surface area contributed by atoms with Gasteiger partial charge >= 0.3 is 0 Å². The number of nitrogens with one attached hydrogen (secondary N) is 1. The van der Waals surface area contributed by atoms with E-state index in [0.717, 1.165) is 29.9 Å². The molecule has 100 valence electrons. The van der Waals surface area contributed by atoms with Crippen molar-refractivity contribution in [2.75, 3.05) is 18.4 Å². The second-order valence-corrected chi connectivity index (χ2v) is 4.57. The van der Waals surface area contributed by atoms with E-state index in [1.165, 1.54) is 0 Å². The Hall–Kier alpha value is -1.65. The van der Waals surface area contributed by atoms with Crippen molar-refractivity contribution in [3.05, 3.63) is 41.2 Å². The van der Waals surface area contributed by atoms with Crippen molar-refractivity contribution in [1.82, 2.24) is 9.97 Å². The number of hydrogen-bond donors (Lipinski definition) is 2. The van der Waals surface area contributed by atoms with Gasteiger partial charge in [-0.1, -0.05) is 18.5 Å². The van der Waals surface area contributed by atoms with Crippen LogP contribution in [0.1, 0.15) is 12.6 Å². The standard InChI is InChI=1S/C14H17ClN4/c1-2-12-13(17-8-7-16)9-18-14(19-12)10-3-5-11(15)6-4-10/h3-6,9,17H,2,7-8,16H2,1H3. The summed E-state index contributed by atoms with van der Waals surface area (Å²) in [6, 6.07) is 7.52. The molecule has 1 aromatic heterocycles. The fraction of sp³-hybridized carbons (Fsp3) is 0.286. The first-order valence-electron chi connectivity index (χ1n) is 6.30. The van der Waals surface area contributed by atoms with Crippen molar-refractivity contribution >= 4 is 17.3 Å². The van der Waals surface area contributed by atoms with E-state index < -0.39 is 0 Å². The molecule has 0 atom stereocenters. The molecule has 2 aromatic rings. The van der Waals surface area contributed by atoms with Crippen LogP contribution in [-0.2, 0) is 6.42 Å². The zero-order chi connectivity index (χ0) is 13.7. The van der Waals surface area contributed by atoms with Crippen molar-refractivity contribution in [2.24, 2.45) is 5.73 Å². The predicted molar refractivity (Wildman–Crippen MR) is 79.4 cm³/mol. The largest absolute Gasteiger partial charge is 0.381 e. The maximum atomic E-state index is 5.88. The number of nitrogens with two attached hydrogens (primary N) is 1. The third-order valence-electron chi connectivity index (χ3n) is 2.76. The van der Waals surface area contributed by atoms with E-state index in [-0.39, 0.29) is 0 Å². The lowest BCUT2D eigenvalue weighted by molar-refractivity contribution is 0.971. The molecule has 0 saturated carbocycles. The molecule has 19 heavy (non-hydrogen) atoms. The van der Waals surface area contributed by atoms with Crippen molar-refractivity contribution in [3.63, 3.8) is 0 Å². The Morgan fingerprint density at radius 1 is 1.26 bits per heavy atom. The molecule has 0 unspecified atom stereocenters. The lowest BCUT2D eigenvalue weighted by Gasteiger charge is -2.10. The van der Waals surface area contributed by atoms with Crippen LogP contribution in [0.5, 0.6) is 0 Å². The highest BCUT2D eigenvalue weighted by molar-refractivity contribution is 6.30. The van der Waals surface area contributed by atoms with Crippen LogP contribution >= 0.6 is 11.6 Å². The minimum Gasteiger partial charge on any atom is -0.381 e. The normalized spacial score (nSPS) is 10.5. The van der Waals surface area contributed by atoms with E-state index in [4.69, 9.17) is 17.3 Å². The molecule has 1 heterocycles. The molecule has 5 heteroatoms. The molecule has 0 fully saturated rings. The summed E-state index contributed by atoms with van der Waals surface area (Å²) >= 11 is 5.88.